The highest BCUT2D eigenvalue weighted by Gasteiger charge is 2.45. The smallest absolute Gasteiger partial charge is 0.370 e. The number of nitrogens with one attached hydrogen (secondary N) is 1. The van der Waals surface area contributed by atoms with Crippen LogP contribution >= 0.6 is 0 Å². The van der Waals surface area contributed by atoms with Gasteiger partial charge in [0.25, 0.3) is 0 Å². The van der Waals surface area contributed by atoms with Gasteiger partial charge in [-0.1, -0.05) is 30.3 Å². The molecule has 0 saturated heterocycles. The Balaban J connectivity index is 2.34. The van der Waals surface area contributed by atoms with E-state index in [0.29, 0.717) is 6.42 Å². The first-order valence-corrected chi connectivity index (χ1v) is 9.65. The highest BCUT2D eigenvalue weighted by atomic mass is 16.6. The first kappa shape index (κ1) is 24.1. The molecule has 170 valence electrons. The number of hydrogen-bond acceptors (Lipinski definition) is 7. The first-order chi connectivity index (χ1) is 14.7. The van der Waals surface area contributed by atoms with Crippen molar-refractivity contribution in [3.8, 4) is 0 Å². The topological polar surface area (TPSA) is 190 Å². The average molecular weight is 436 g/mol. The molecule has 11 heteroatoms. The van der Waals surface area contributed by atoms with Crippen LogP contribution in [0.15, 0.2) is 47.2 Å². The van der Waals surface area contributed by atoms with Gasteiger partial charge in [-0.05, 0) is 18.1 Å². The third-order valence-electron chi connectivity index (χ3n) is 4.62. The number of guanidine groups is 1. The number of nitrogens with two attached hydrogens (primary N) is 2. The molecule has 11 nitrogen and oxygen atoms in total. The molecule has 0 bridgehead atoms. The first-order valence-electron chi connectivity index (χ1n) is 9.65. The summed E-state index contributed by atoms with van der Waals surface area (Å²) in [6, 6.07) is 7.46. The van der Waals surface area contributed by atoms with Crippen molar-refractivity contribution in [1.82, 2.24) is 5.32 Å². The summed E-state index contributed by atoms with van der Waals surface area (Å²) in [4.78, 5) is 27.4. The zero-order valence-corrected chi connectivity index (χ0v) is 17.0. The molecule has 1 amide bonds. The van der Waals surface area contributed by atoms with Crippen molar-refractivity contribution in [3.63, 3.8) is 0 Å². The lowest BCUT2D eigenvalue weighted by Gasteiger charge is -2.40. The summed E-state index contributed by atoms with van der Waals surface area (Å²) in [7, 11) is 0. The van der Waals surface area contributed by atoms with Crippen LogP contribution in [-0.2, 0) is 25.5 Å². The number of nitrogens with zero attached hydrogens (tertiary/aromatic N) is 1. The van der Waals surface area contributed by atoms with Crippen LogP contribution in [0.25, 0.3) is 0 Å². The summed E-state index contributed by atoms with van der Waals surface area (Å²) < 4.78 is 11.4. The molecule has 0 saturated carbocycles. The molecule has 0 radical (unpaired) electrons. The summed E-state index contributed by atoms with van der Waals surface area (Å²) in [5, 5.41) is 32.0. The average Bonchev–Trinajstić information content (AvgIpc) is 2.72. The summed E-state index contributed by atoms with van der Waals surface area (Å²) in [5.74, 6) is -2.64. The van der Waals surface area contributed by atoms with E-state index in [-0.39, 0.29) is 12.6 Å². The minimum Gasteiger partial charge on any atom is -0.478 e. The Labute approximate surface area is 179 Å². The second-order valence-electron chi connectivity index (χ2n) is 7.01. The van der Waals surface area contributed by atoms with Crippen molar-refractivity contribution in [2.75, 3.05) is 13.2 Å². The normalized spacial score (nSPS) is 22.4. The van der Waals surface area contributed by atoms with Crippen molar-refractivity contribution >= 4 is 17.8 Å². The fourth-order valence-corrected chi connectivity index (χ4v) is 3.28. The predicted octanol–water partition coefficient (Wildman–Crippen LogP) is -1.52. The molecular formula is C20H28N4O7. The number of hydrogen-bond donors (Lipinski definition) is 6. The van der Waals surface area contributed by atoms with Crippen LogP contribution in [0.2, 0.25) is 0 Å². The standard InChI is InChI=1S/C20H28N4O7/c1-11(26)23-16-13(24-20(21)22)9-15(19(28)29)31-18(16)17(14(27)10-25)30-8-7-12-5-3-2-4-6-12/h2-6,9,13-14,16-18,25,27H,7-8,10H2,1H3,(H,23,26)(H,28,29)(H4,21,22,24)/t13-,14+,16+,17+,18+/m0/s1. The van der Waals surface area contributed by atoms with E-state index in [4.69, 9.17) is 20.9 Å². The SMILES string of the molecule is CC(=O)N[C@H]1[C@H]([C@H](OCCc2ccccc2)[C@H](O)CO)OC(C(=O)O)=C[C@@H]1N=C(N)N. The monoisotopic (exact) mass is 436 g/mol. The molecule has 0 aromatic heterocycles. The number of rotatable bonds is 10. The molecule has 31 heavy (non-hydrogen) atoms. The minimum absolute atomic E-state index is 0.136. The van der Waals surface area contributed by atoms with Crippen molar-refractivity contribution in [3.05, 3.63) is 47.7 Å². The third kappa shape index (κ3) is 6.95. The number of carboxylic acid groups (broad SMARTS) is 1. The molecule has 1 aliphatic heterocycles. The van der Waals surface area contributed by atoms with E-state index in [1.54, 1.807) is 0 Å². The Morgan fingerprint density at radius 3 is 2.52 bits per heavy atom. The number of aliphatic carboxylic acids is 1. The van der Waals surface area contributed by atoms with Crippen LogP contribution in [0, 0.1) is 0 Å². The quantitative estimate of drug-likeness (QED) is 0.187. The number of carboxylic acids is 1. The van der Waals surface area contributed by atoms with Crippen LogP contribution in [0.1, 0.15) is 12.5 Å². The Morgan fingerprint density at radius 1 is 1.29 bits per heavy atom. The van der Waals surface area contributed by atoms with Crippen LogP contribution in [0.4, 0.5) is 0 Å². The molecule has 1 aliphatic rings. The van der Waals surface area contributed by atoms with Gasteiger partial charge in [-0.3, -0.25) is 4.79 Å². The summed E-state index contributed by atoms with van der Waals surface area (Å²) >= 11 is 0. The fourth-order valence-electron chi connectivity index (χ4n) is 3.28. The zero-order chi connectivity index (χ0) is 23.0. The van der Waals surface area contributed by atoms with Gasteiger partial charge in [-0.25, -0.2) is 9.79 Å². The van der Waals surface area contributed by atoms with E-state index in [1.165, 1.54) is 6.92 Å². The molecule has 1 aromatic carbocycles. The molecule has 5 atom stereocenters. The van der Waals surface area contributed by atoms with Crippen molar-refractivity contribution in [2.45, 2.75) is 43.7 Å². The maximum absolute atomic E-state index is 11.8. The molecule has 8 N–H and O–H groups in total. The number of ether oxygens (including phenoxy) is 2. The Morgan fingerprint density at radius 2 is 1.97 bits per heavy atom. The second kappa shape index (κ2) is 11.3. The Hall–Kier alpha value is -3.15. The lowest BCUT2D eigenvalue weighted by atomic mass is 9.92. The van der Waals surface area contributed by atoms with E-state index in [0.717, 1.165) is 11.6 Å². The van der Waals surface area contributed by atoms with Crippen LogP contribution in [0.3, 0.4) is 0 Å². The lowest BCUT2D eigenvalue weighted by molar-refractivity contribution is -0.153. The minimum atomic E-state index is -1.43. The van der Waals surface area contributed by atoms with Crippen molar-refractivity contribution in [1.29, 1.82) is 0 Å². The van der Waals surface area contributed by atoms with Crippen molar-refractivity contribution in [2.24, 2.45) is 16.5 Å². The molecule has 1 heterocycles. The molecular weight excluding hydrogens is 408 g/mol. The van der Waals surface area contributed by atoms with E-state index < -0.39 is 54.6 Å². The third-order valence-corrected chi connectivity index (χ3v) is 4.62. The molecule has 0 spiro atoms. The number of aliphatic imine (C=N–C) groups is 1. The number of aliphatic hydroxyl groups excluding tert-OH is 2. The van der Waals surface area contributed by atoms with Crippen LogP contribution in [-0.4, -0.2) is 76.8 Å². The Bertz CT molecular complexity index is 811. The summed E-state index contributed by atoms with van der Waals surface area (Å²) in [6.07, 6.45) is -2.17. The Kier molecular flexibility index (Phi) is 8.79. The van der Waals surface area contributed by atoms with Gasteiger partial charge in [0.1, 0.15) is 12.2 Å². The van der Waals surface area contributed by atoms with Gasteiger partial charge in [0, 0.05) is 6.92 Å². The summed E-state index contributed by atoms with van der Waals surface area (Å²) in [6.45, 7) is 0.715. The highest BCUT2D eigenvalue weighted by Crippen LogP contribution is 2.26. The molecule has 2 rings (SSSR count). The van der Waals surface area contributed by atoms with Gasteiger partial charge in [0.2, 0.25) is 11.7 Å². The van der Waals surface area contributed by atoms with Crippen LogP contribution < -0.4 is 16.8 Å². The summed E-state index contributed by atoms with van der Waals surface area (Å²) in [5.41, 5.74) is 11.9. The zero-order valence-electron chi connectivity index (χ0n) is 17.0. The van der Waals surface area contributed by atoms with E-state index in [9.17, 15) is 24.9 Å². The van der Waals surface area contributed by atoms with Gasteiger partial charge in [-0.2, -0.15) is 0 Å². The lowest BCUT2D eigenvalue weighted by Crippen LogP contribution is -2.60. The van der Waals surface area contributed by atoms with Gasteiger partial charge >= 0.3 is 5.97 Å². The van der Waals surface area contributed by atoms with Crippen molar-refractivity contribution < 1.29 is 34.4 Å². The van der Waals surface area contributed by atoms with Gasteiger partial charge in [0.15, 0.2) is 12.1 Å². The number of benzene rings is 1. The molecule has 0 aliphatic carbocycles. The molecule has 0 unspecified atom stereocenters. The predicted molar refractivity (Wildman–Crippen MR) is 111 cm³/mol. The van der Waals surface area contributed by atoms with E-state index in [2.05, 4.69) is 10.3 Å². The number of amides is 1. The van der Waals surface area contributed by atoms with Gasteiger partial charge in [-0.15, -0.1) is 0 Å². The highest BCUT2D eigenvalue weighted by molar-refractivity contribution is 5.85. The molecule has 0 fully saturated rings. The van der Waals surface area contributed by atoms with E-state index >= 15 is 0 Å². The van der Waals surface area contributed by atoms with Gasteiger partial charge in [0.05, 0.1) is 25.3 Å². The largest absolute Gasteiger partial charge is 0.478 e. The fraction of sp³-hybridized carbons (Fsp3) is 0.450. The maximum Gasteiger partial charge on any atom is 0.370 e. The maximum atomic E-state index is 11.8. The van der Waals surface area contributed by atoms with E-state index in [1.807, 2.05) is 30.3 Å². The molecule has 1 aromatic rings. The second-order valence-corrected chi connectivity index (χ2v) is 7.01. The number of carbonyl (C=O) groups excluding carboxylic acids is 1. The number of carbonyl (C=O) groups is 2. The van der Waals surface area contributed by atoms with Gasteiger partial charge < -0.3 is 41.6 Å². The number of aliphatic hydroxyl groups is 2. The van der Waals surface area contributed by atoms with Crippen LogP contribution in [0.5, 0.6) is 0 Å².